The highest BCUT2D eigenvalue weighted by Crippen LogP contribution is 2.54. The van der Waals surface area contributed by atoms with Crippen molar-refractivity contribution in [1.29, 1.82) is 0 Å². The highest BCUT2D eigenvalue weighted by Gasteiger charge is 2.86. The number of nitrogens with two attached hydrogens (primary N) is 1. The minimum atomic E-state index is -6.82. The minimum absolute atomic E-state index is 0.375. The molecule has 0 spiro atoms. The van der Waals surface area contributed by atoms with Crippen LogP contribution in [-0.2, 0) is 0 Å². The quantitative estimate of drug-likeness (QED) is 0.136. The first-order valence-corrected chi connectivity index (χ1v) is 10.1. The molecule has 0 unspecified atom stereocenters. The van der Waals surface area contributed by atoms with Gasteiger partial charge in [-0.15, -0.1) is 8.78 Å². The van der Waals surface area contributed by atoms with Crippen molar-refractivity contribution in [2.75, 3.05) is 27.7 Å². The Hall–Kier alpha value is -0.710. The van der Waals surface area contributed by atoms with E-state index in [1.165, 1.54) is 64.2 Å². The molecule has 0 rings (SSSR count). The molecule has 0 saturated carbocycles. The highest BCUT2D eigenvalue weighted by molar-refractivity contribution is 4.96. The summed E-state index contributed by atoms with van der Waals surface area (Å²) in [4.78, 5) is 0. The number of rotatable bonds is 13. The van der Waals surface area contributed by atoms with E-state index in [1.807, 2.05) is 0 Å². The summed E-state index contributed by atoms with van der Waals surface area (Å²) in [6.45, 7) is 3.14. The summed E-state index contributed by atoms with van der Waals surface area (Å²) in [5.41, 5.74) is 5.42. The van der Waals surface area contributed by atoms with Crippen molar-refractivity contribution in [3.05, 3.63) is 0 Å². The fourth-order valence-electron chi connectivity index (χ4n) is 2.42. The third-order valence-electron chi connectivity index (χ3n) is 4.53. The van der Waals surface area contributed by atoms with Crippen molar-refractivity contribution in [3.63, 3.8) is 0 Å². The summed E-state index contributed by atoms with van der Waals surface area (Å²) in [7, 11) is 1.13. The second-order valence-electron chi connectivity index (χ2n) is 8.17. The van der Waals surface area contributed by atoms with Gasteiger partial charge in [0.1, 0.15) is 0 Å². The number of unbranched alkanes of at least 4 members (excludes halogenated alkanes) is 9. The zero-order chi connectivity index (χ0) is 24.3. The van der Waals surface area contributed by atoms with Gasteiger partial charge >= 0.3 is 24.1 Å². The molecule has 0 aliphatic carbocycles. The molecule has 2 N–H and O–H groups in total. The third kappa shape index (κ3) is 9.20. The van der Waals surface area contributed by atoms with Gasteiger partial charge in [0.05, 0.1) is 21.1 Å². The molecule has 0 aliphatic rings. The van der Waals surface area contributed by atoms with E-state index in [4.69, 9.17) is 5.73 Å². The Morgan fingerprint density at radius 1 is 0.567 bits per heavy atom. The molecule has 30 heavy (non-hydrogen) atoms. The predicted molar refractivity (Wildman–Crippen MR) is 99.8 cm³/mol. The first-order chi connectivity index (χ1) is 13.4. The second-order valence-corrected chi connectivity index (χ2v) is 8.17. The summed E-state index contributed by atoms with van der Waals surface area (Å²) in [5.74, 6) is -13.4. The number of alkyl halides is 9. The molecule has 11 heteroatoms. The lowest BCUT2D eigenvalue weighted by Crippen LogP contribution is -2.70. The first kappa shape index (κ1) is 31.5. The molecule has 0 heterocycles. The standard InChI is InChI=1S/C12H27N.C7H9F9N/c1-2-3-4-5-6-7-8-9-10-11-12-13;1-17(2,3)7(15,16)5(10,11)4(8,9)6(12,13)14/h2-13H2,1H3;1-3H3/q;+1. The van der Waals surface area contributed by atoms with Crippen LogP contribution in [0.15, 0.2) is 0 Å². The summed E-state index contributed by atoms with van der Waals surface area (Å²) in [6, 6.07) is -5.59. The van der Waals surface area contributed by atoms with Crippen LogP contribution in [0.2, 0.25) is 0 Å². The molecular formula is C19H36F9N2+. The lowest BCUT2D eigenvalue weighted by Gasteiger charge is -2.40. The number of nitrogens with zero attached hydrogens (tertiary/aromatic N) is 1. The van der Waals surface area contributed by atoms with E-state index >= 15 is 0 Å². The van der Waals surface area contributed by atoms with Gasteiger partial charge in [0.25, 0.3) is 0 Å². The van der Waals surface area contributed by atoms with E-state index in [0.717, 1.165) is 6.54 Å². The molecule has 0 aliphatic heterocycles. The molecule has 0 aromatic heterocycles. The monoisotopic (exact) mass is 463 g/mol. The molecule has 0 bridgehead atoms. The number of halogens is 9. The largest absolute Gasteiger partial charge is 0.461 e. The number of hydrogen-bond donors (Lipinski definition) is 1. The molecule has 0 atom stereocenters. The fourth-order valence-corrected chi connectivity index (χ4v) is 2.42. The van der Waals surface area contributed by atoms with Gasteiger partial charge in [0.15, 0.2) is 0 Å². The third-order valence-corrected chi connectivity index (χ3v) is 4.53. The zero-order valence-electron chi connectivity index (χ0n) is 18.2. The van der Waals surface area contributed by atoms with Gasteiger partial charge in [-0.1, -0.05) is 64.7 Å². The first-order valence-electron chi connectivity index (χ1n) is 10.1. The maximum atomic E-state index is 13.0. The van der Waals surface area contributed by atoms with Crippen molar-refractivity contribution in [2.24, 2.45) is 5.73 Å². The average Bonchev–Trinajstić information content (AvgIpc) is 2.58. The molecular weight excluding hydrogens is 427 g/mol. The summed E-state index contributed by atoms with van der Waals surface area (Å²) >= 11 is 0. The van der Waals surface area contributed by atoms with Crippen molar-refractivity contribution in [2.45, 2.75) is 95.2 Å². The highest BCUT2D eigenvalue weighted by atomic mass is 19.4. The maximum absolute atomic E-state index is 13.0. The van der Waals surface area contributed by atoms with Crippen molar-refractivity contribution in [3.8, 4) is 0 Å². The van der Waals surface area contributed by atoms with Gasteiger partial charge in [-0.2, -0.15) is 30.7 Å². The fraction of sp³-hybridized carbons (Fsp3) is 1.00. The van der Waals surface area contributed by atoms with Crippen molar-refractivity contribution in [1.82, 2.24) is 0 Å². The van der Waals surface area contributed by atoms with Gasteiger partial charge in [0, 0.05) is 0 Å². The van der Waals surface area contributed by atoms with Crippen LogP contribution in [-0.4, -0.2) is 56.2 Å². The number of hydrogen-bond acceptors (Lipinski definition) is 1. The molecule has 0 aromatic rings. The van der Waals surface area contributed by atoms with E-state index in [2.05, 4.69) is 6.92 Å². The van der Waals surface area contributed by atoms with Crippen LogP contribution in [0.5, 0.6) is 0 Å². The Morgan fingerprint density at radius 3 is 1.17 bits per heavy atom. The van der Waals surface area contributed by atoms with Crippen molar-refractivity contribution >= 4 is 0 Å². The lowest BCUT2D eigenvalue weighted by molar-refractivity contribution is -0.975. The molecule has 0 amide bonds. The SMILES string of the molecule is CCCCCCCCCCCCN.C[N+](C)(C)C(F)(F)C(F)(F)C(F)(F)C(F)(F)F. The van der Waals surface area contributed by atoms with Crippen LogP contribution in [0.1, 0.15) is 71.1 Å². The average molecular weight is 463 g/mol. The smallest absolute Gasteiger partial charge is 0.330 e. The lowest BCUT2D eigenvalue weighted by atomic mass is 10.1. The Balaban J connectivity index is 0. The minimum Gasteiger partial charge on any atom is -0.330 e. The maximum Gasteiger partial charge on any atom is 0.461 e. The normalized spacial score (nSPS) is 13.8. The topological polar surface area (TPSA) is 26.0 Å². The summed E-state index contributed by atoms with van der Waals surface area (Å²) in [6.07, 6.45) is 7.16. The molecule has 184 valence electrons. The van der Waals surface area contributed by atoms with Gasteiger partial charge in [-0.3, -0.25) is 4.48 Å². The van der Waals surface area contributed by atoms with Crippen LogP contribution >= 0.6 is 0 Å². The zero-order valence-corrected chi connectivity index (χ0v) is 18.2. The van der Waals surface area contributed by atoms with Crippen LogP contribution in [0.25, 0.3) is 0 Å². The molecule has 0 aromatic carbocycles. The van der Waals surface area contributed by atoms with Gasteiger partial charge in [0.2, 0.25) is 0 Å². The Kier molecular flexibility index (Phi) is 13.6. The van der Waals surface area contributed by atoms with Gasteiger partial charge in [-0.05, 0) is 13.0 Å². The molecule has 0 fully saturated rings. The molecule has 0 saturated heterocycles. The summed E-state index contributed by atoms with van der Waals surface area (Å²) < 4.78 is 109. The Bertz CT molecular complexity index is 406. The van der Waals surface area contributed by atoms with Gasteiger partial charge in [-0.25, -0.2) is 0 Å². The summed E-state index contributed by atoms with van der Waals surface area (Å²) in [5, 5.41) is 0. The van der Waals surface area contributed by atoms with Crippen LogP contribution < -0.4 is 5.73 Å². The van der Waals surface area contributed by atoms with Gasteiger partial charge < -0.3 is 5.73 Å². The van der Waals surface area contributed by atoms with Crippen LogP contribution in [0.4, 0.5) is 39.5 Å². The molecule has 0 radical (unpaired) electrons. The molecule has 2 nitrogen and oxygen atoms in total. The van der Waals surface area contributed by atoms with Crippen molar-refractivity contribution < 1.29 is 44.0 Å². The van der Waals surface area contributed by atoms with Crippen LogP contribution in [0.3, 0.4) is 0 Å². The second kappa shape index (κ2) is 13.0. The Labute approximate surface area is 173 Å². The van der Waals surface area contributed by atoms with E-state index in [1.54, 1.807) is 0 Å². The Morgan fingerprint density at radius 2 is 0.900 bits per heavy atom. The van der Waals surface area contributed by atoms with E-state index in [0.29, 0.717) is 21.1 Å². The van der Waals surface area contributed by atoms with E-state index in [-0.39, 0.29) is 0 Å². The van der Waals surface area contributed by atoms with E-state index in [9.17, 15) is 39.5 Å². The van der Waals surface area contributed by atoms with Crippen LogP contribution in [0, 0.1) is 0 Å². The predicted octanol–water partition coefficient (Wildman–Crippen LogP) is 6.98. The number of quaternary nitrogens is 1. The van der Waals surface area contributed by atoms with E-state index < -0.39 is 28.6 Å².